The van der Waals surface area contributed by atoms with Crippen molar-refractivity contribution in [3.63, 3.8) is 0 Å². The Morgan fingerprint density at radius 3 is 2.53 bits per heavy atom. The van der Waals surface area contributed by atoms with Gasteiger partial charge in [-0.05, 0) is 68.2 Å². The number of carbonyl (C=O) groups is 1. The van der Waals surface area contributed by atoms with Gasteiger partial charge in [-0.2, -0.15) is 0 Å². The summed E-state index contributed by atoms with van der Waals surface area (Å²) in [5, 5.41) is 6.10. The van der Waals surface area contributed by atoms with Crippen LogP contribution >= 0.6 is 0 Å². The van der Waals surface area contributed by atoms with Gasteiger partial charge < -0.3 is 18.9 Å². The zero-order valence-electron chi connectivity index (χ0n) is 19.1. The third-order valence-electron chi connectivity index (χ3n) is 7.45. The maximum Gasteiger partial charge on any atom is 0.270 e. The van der Waals surface area contributed by atoms with Crippen LogP contribution in [0.4, 0.5) is 8.78 Å². The lowest BCUT2D eigenvalue weighted by Crippen LogP contribution is -2.38. The van der Waals surface area contributed by atoms with Gasteiger partial charge in [-0.15, -0.1) is 0 Å². The lowest BCUT2D eigenvalue weighted by molar-refractivity contribution is 0.0749. The number of likely N-dealkylation sites (tertiary alicyclic amines) is 1. The summed E-state index contributed by atoms with van der Waals surface area (Å²) in [6.45, 7) is 3.96. The lowest BCUT2D eigenvalue weighted by atomic mass is 9.91. The minimum Gasteiger partial charge on any atom is -0.356 e. The molecule has 0 spiro atoms. The van der Waals surface area contributed by atoms with Gasteiger partial charge in [0.05, 0.1) is 11.2 Å². The Kier molecular flexibility index (Phi) is 5.13. The molecule has 0 radical (unpaired) electrons. The van der Waals surface area contributed by atoms with Gasteiger partial charge in [0.25, 0.3) is 5.91 Å². The predicted molar refractivity (Wildman–Crippen MR) is 125 cm³/mol. The summed E-state index contributed by atoms with van der Waals surface area (Å²) in [6.07, 6.45) is 2.63. The number of carbonyl (C=O) groups excluding carboxylic acids is 1. The minimum atomic E-state index is -0.321. The van der Waals surface area contributed by atoms with Crippen LogP contribution in [0, 0.1) is 11.6 Å². The summed E-state index contributed by atoms with van der Waals surface area (Å²) in [5.41, 5.74) is 3.93. The number of likely N-dealkylation sites (N-methyl/N-ethyl adjacent to an activating group) is 1. The van der Waals surface area contributed by atoms with E-state index < -0.39 is 0 Å². The zero-order chi connectivity index (χ0) is 23.4. The third-order valence-corrected chi connectivity index (χ3v) is 7.45. The van der Waals surface area contributed by atoms with Crippen molar-refractivity contribution in [3.05, 3.63) is 65.0 Å². The Hall–Kier alpha value is -3.26. The van der Waals surface area contributed by atoms with Gasteiger partial charge in [-0.1, -0.05) is 5.16 Å². The number of piperidine rings is 1. The first kappa shape index (κ1) is 21.3. The Balaban J connectivity index is 1.19. The summed E-state index contributed by atoms with van der Waals surface area (Å²) < 4.78 is 34.8. The molecule has 1 fully saturated rings. The Labute approximate surface area is 195 Å². The van der Waals surface area contributed by atoms with Crippen LogP contribution < -0.4 is 0 Å². The van der Waals surface area contributed by atoms with Gasteiger partial charge in [-0.3, -0.25) is 4.79 Å². The van der Waals surface area contributed by atoms with Crippen LogP contribution in [0.25, 0.3) is 21.9 Å². The molecule has 1 amide bonds. The smallest absolute Gasteiger partial charge is 0.270 e. The topological polar surface area (TPSA) is 54.5 Å². The monoisotopic (exact) mass is 464 g/mol. The molecule has 2 aromatic carbocycles. The SMILES string of the molecule is CN1CCn2c(c(CCN3CCC(c4noc5cc(F)ccc45)CC3)c3ccc(F)cc32)C1=O. The van der Waals surface area contributed by atoms with Crippen LogP contribution in [0.15, 0.2) is 40.9 Å². The maximum atomic E-state index is 14.0. The Morgan fingerprint density at radius 1 is 1.00 bits per heavy atom. The molecular formula is C26H26F2N4O2. The molecular weight excluding hydrogens is 438 g/mol. The summed E-state index contributed by atoms with van der Waals surface area (Å²) in [7, 11) is 1.82. The minimum absolute atomic E-state index is 0.00548. The van der Waals surface area contributed by atoms with Crippen LogP contribution in [0.3, 0.4) is 0 Å². The van der Waals surface area contributed by atoms with Crippen molar-refractivity contribution in [1.82, 2.24) is 19.5 Å². The van der Waals surface area contributed by atoms with Crippen molar-refractivity contribution < 1.29 is 18.1 Å². The van der Waals surface area contributed by atoms with Crippen molar-refractivity contribution >= 4 is 27.8 Å². The second-order valence-corrected chi connectivity index (χ2v) is 9.44. The van der Waals surface area contributed by atoms with Gasteiger partial charge in [-0.25, -0.2) is 8.78 Å². The van der Waals surface area contributed by atoms with E-state index in [1.807, 2.05) is 17.7 Å². The number of benzene rings is 2. The molecule has 6 nitrogen and oxygen atoms in total. The average molecular weight is 465 g/mol. The molecule has 1 saturated heterocycles. The van der Waals surface area contributed by atoms with E-state index in [9.17, 15) is 13.6 Å². The standard InChI is InChI=1S/C26H26F2N4O2/c1-30-12-13-32-22-14-17(27)2-4-19(22)20(25(32)26(30)33)8-11-31-9-6-16(7-10-31)24-21-5-3-18(28)15-23(21)34-29-24/h2-5,14-16H,6-13H2,1H3. The number of halogens is 2. The van der Waals surface area contributed by atoms with Gasteiger partial charge in [0, 0.05) is 49.4 Å². The van der Waals surface area contributed by atoms with Gasteiger partial charge in [0.2, 0.25) is 0 Å². The molecule has 176 valence electrons. The molecule has 2 aliphatic rings. The highest BCUT2D eigenvalue weighted by Crippen LogP contribution is 2.34. The van der Waals surface area contributed by atoms with Crippen LogP contribution in [0.1, 0.15) is 40.5 Å². The predicted octanol–water partition coefficient (Wildman–Crippen LogP) is 4.57. The second kappa shape index (κ2) is 8.20. The fraction of sp³-hybridized carbons (Fsp3) is 0.385. The molecule has 4 heterocycles. The molecule has 2 aromatic heterocycles. The summed E-state index contributed by atoms with van der Waals surface area (Å²) in [5.74, 6) is -0.316. The number of fused-ring (bicyclic) bond motifs is 4. The summed E-state index contributed by atoms with van der Waals surface area (Å²) in [4.78, 5) is 17.2. The molecule has 0 N–H and O–H groups in total. The fourth-order valence-corrected chi connectivity index (χ4v) is 5.58. The number of amides is 1. The van der Waals surface area contributed by atoms with Crippen molar-refractivity contribution in [2.45, 2.75) is 31.7 Å². The average Bonchev–Trinajstić information content (AvgIpc) is 3.39. The highest BCUT2D eigenvalue weighted by atomic mass is 19.1. The number of rotatable bonds is 4. The van der Waals surface area contributed by atoms with Crippen LogP contribution in [0.2, 0.25) is 0 Å². The van der Waals surface area contributed by atoms with Crippen molar-refractivity contribution in [1.29, 1.82) is 0 Å². The fourth-order valence-electron chi connectivity index (χ4n) is 5.58. The molecule has 34 heavy (non-hydrogen) atoms. The van der Waals surface area contributed by atoms with E-state index in [0.29, 0.717) is 24.4 Å². The molecule has 0 bridgehead atoms. The number of hydrogen-bond donors (Lipinski definition) is 0. The highest BCUT2D eigenvalue weighted by Gasteiger charge is 2.30. The van der Waals surface area contributed by atoms with E-state index in [1.54, 1.807) is 17.0 Å². The number of aromatic nitrogens is 2. The Morgan fingerprint density at radius 2 is 1.74 bits per heavy atom. The van der Waals surface area contributed by atoms with Crippen LogP contribution in [-0.4, -0.2) is 58.7 Å². The lowest BCUT2D eigenvalue weighted by Gasteiger charge is -2.31. The molecule has 0 atom stereocenters. The summed E-state index contributed by atoms with van der Waals surface area (Å²) in [6, 6.07) is 9.41. The molecule has 2 aliphatic heterocycles. The van der Waals surface area contributed by atoms with Crippen LogP contribution in [0.5, 0.6) is 0 Å². The van der Waals surface area contributed by atoms with Gasteiger partial charge >= 0.3 is 0 Å². The normalized spacial score (nSPS) is 17.7. The first-order valence-electron chi connectivity index (χ1n) is 11.8. The van der Waals surface area contributed by atoms with Gasteiger partial charge in [0.15, 0.2) is 5.58 Å². The van der Waals surface area contributed by atoms with Crippen molar-refractivity contribution in [3.8, 4) is 0 Å². The molecule has 0 aliphatic carbocycles. The first-order valence-corrected chi connectivity index (χ1v) is 11.8. The quantitative estimate of drug-likeness (QED) is 0.444. The van der Waals surface area contributed by atoms with Crippen LogP contribution in [-0.2, 0) is 13.0 Å². The van der Waals surface area contributed by atoms with E-state index in [1.165, 1.54) is 18.2 Å². The van der Waals surface area contributed by atoms with Crippen molar-refractivity contribution in [2.24, 2.45) is 0 Å². The van der Waals surface area contributed by atoms with E-state index in [2.05, 4.69) is 10.1 Å². The first-order chi connectivity index (χ1) is 16.5. The zero-order valence-corrected chi connectivity index (χ0v) is 19.1. The van der Waals surface area contributed by atoms with Gasteiger partial charge in [0.1, 0.15) is 17.3 Å². The third kappa shape index (κ3) is 3.48. The molecule has 4 aromatic rings. The van der Waals surface area contributed by atoms with E-state index >= 15 is 0 Å². The number of nitrogens with zero attached hydrogens (tertiary/aromatic N) is 4. The highest BCUT2D eigenvalue weighted by molar-refractivity contribution is 6.02. The van der Waals surface area contributed by atoms with E-state index in [4.69, 9.17) is 4.52 Å². The second-order valence-electron chi connectivity index (χ2n) is 9.44. The molecule has 0 saturated carbocycles. The Bertz CT molecular complexity index is 1400. The maximum absolute atomic E-state index is 14.0. The van der Waals surface area contributed by atoms with E-state index in [0.717, 1.165) is 66.4 Å². The molecule has 0 unspecified atom stereocenters. The molecule has 8 heteroatoms. The number of hydrogen-bond acceptors (Lipinski definition) is 4. The van der Waals surface area contributed by atoms with E-state index in [-0.39, 0.29) is 23.5 Å². The molecule has 6 rings (SSSR count). The summed E-state index contributed by atoms with van der Waals surface area (Å²) >= 11 is 0. The largest absolute Gasteiger partial charge is 0.356 e. The van der Waals surface area contributed by atoms with Crippen molar-refractivity contribution in [2.75, 3.05) is 33.2 Å².